The van der Waals surface area contributed by atoms with E-state index in [-0.39, 0.29) is 0 Å². The van der Waals surface area contributed by atoms with Crippen LogP contribution >= 0.6 is 0 Å². The molecule has 0 saturated heterocycles. The molecule has 0 radical (unpaired) electrons. The van der Waals surface area contributed by atoms with Crippen molar-refractivity contribution in [2.45, 2.75) is 13.0 Å². The normalized spacial score (nSPS) is 16.6. The first-order valence-corrected chi connectivity index (χ1v) is 5.25. The zero-order chi connectivity index (χ0) is 10.3. The number of pyridine rings is 2. The molecule has 0 N–H and O–H groups in total. The number of rotatable bonds is 0. The Balaban J connectivity index is 2.20. The van der Waals surface area contributed by atoms with E-state index in [2.05, 4.69) is 34.0 Å². The van der Waals surface area contributed by atoms with Crippen LogP contribution in [-0.4, -0.2) is 28.5 Å². The Morgan fingerprint density at radius 3 is 3.27 bits per heavy atom. The van der Waals surface area contributed by atoms with Crippen LogP contribution in [0.1, 0.15) is 11.3 Å². The molecule has 2 aromatic heterocycles. The third-order valence-electron chi connectivity index (χ3n) is 2.93. The molecule has 0 spiro atoms. The summed E-state index contributed by atoms with van der Waals surface area (Å²) >= 11 is 0. The minimum absolute atomic E-state index is 0.876. The number of fused-ring (bicyclic) bond motifs is 2. The number of aromatic nitrogens is 2. The van der Waals surface area contributed by atoms with E-state index in [0.29, 0.717) is 0 Å². The van der Waals surface area contributed by atoms with Gasteiger partial charge in [-0.25, -0.2) is 9.97 Å². The molecule has 1 aliphatic rings. The van der Waals surface area contributed by atoms with Gasteiger partial charge in [0.05, 0.1) is 0 Å². The van der Waals surface area contributed by atoms with Gasteiger partial charge >= 0.3 is 0 Å². The largest absolute Gasteiger partial charge is 0.302 e. The third-order valence-corrected chi connectivity index (χ3v) is 2.93. The van der Waals surface area contributed by atoms with Crippen LogP contribution in [0.3, 0.4) is 0 Å². The Morgan fingerprint density at radius 2 is 2.33 bits per heavy atom. The van der Waals surface area contributed by atoms with Gasteiger partial charge in [0.15, 0.2) is 5.65 Å². The first-order valence-electron chi connectivity index (χ1n) is 5.25. The maximum atomic E-state index is 4.61. The molecule has 0 fully saturated rings. The Kier molecular flexibility index (Phi) is 1.92. The molecule has 1 aliphatic heterocycles. The average molecular weight is 199 g/mol. The number of likely N-dealkylation sites (N-methyl/N-ethyl adjacent to an activating group) is 1. The maximum absolute atomic E-state index is 4.61. The van der Waals surface area contributed by atoms with Gasteiger partial charge in [0.1, 0.15) is 0 Å². The molecule has 76 valence electrons. The molecule has 0 bridgehead atoms. The lowest BCUT2D eigenvalue weighted by molar-refractivity contribution is 0.310. The second-order valence-corrected chi connectivity index (χ2v) is 4.13. The van der Waals surface area contributed by atoms with Crippen LogP contribution in [-0.2, 0) is 13.0 Å². The fourth-order valence-electron chi connectivity index (χ4n) is 2.11. The summed E-state index contributed by atoms with van der Waals surface area (Å²) in [6, 6.07) is 6.26. The first kappa shape index (κ1) is 8.80. The van der Waals surface area contributed by atoms with Gasteiger partial charge in [0.25, 0.3) is 0 Å². The number of hydrogen-bond donors (Lipinski definition) is 0. The van der Waals surface area contributed by atoms with E-state index >= 15 is 0 Å². The summed E-state index contributed by atoms with van der Waals surface area (Å²) in [7, 11) is 2.15. The monoisotopic (exact) mass is 199 g/mol. The van der Waals surface area contributed by atoms with Crippen molar-refractivity contribution in [3.05, 3.63) is 35.7 Å². The number of nitrogens with zero attached hydrogens (tertiary/aromatic N) is 3. The molecule has 0 amide bonds. The van der Waals surface area contributed by atoms with Gasteiger partial charge in [-0.1, -0.05) is 0 Å². The molecule has 2 aromatic rings. The standard InChI is InChI=1S/C12H13N3/c1-15-6-4-11-10(8-15)7-9-3-2-5-13-12(9)14-11/h2-3,5,7H,4,6,8H2,1H3. The van der Waals surface area contributed by atoms with Crippen LogP contribution in [0.25, 0.3) is 11.0 Å². The Hall–Kier alpha value is -1.48. The third kappa shape index (κ3) is 1.49. The molecule has 15 heavy (non-hydrogen) atoms. The highest BCUT2D eigenvalue weighted by Crippen LogP contribution is 2.20. The first-order chi connectivity index (χ1) is 7.33. The van der Waals surface area contributed by atoms with Crippen molar-refractivity contribution in [2.24, 2.45) is 0 Å². The van der Waals surface area contributed by atoms with E-state index in [4.69, 9.17) is 0 Å². The molecule has 3 rings (SSSR count). The molecule has 3 heteroatoms. The van der Waals surface area contributed by atoms with Gasteiger partial charge in [0, 0.05) is 36.8 Å². The molecule has 0 saturated carbocycles. The van der Waals surface area contributed by atoms with Crippen molar-refractivity contribution < 1.29 is 0 Å². The average Bonchev–Trinajstić information content (AvgIpc) is 2.26. The Labute approximate surface area is 88.8 Å². The highest BCUT2D eigenvalue weighted by atomic mass is 15.1. The lowest BCUT2D eigenvalue weighted by Crippen LogP contribution is -2.27. The Bertz CT molecular complexity index is 507. The highest BCUT2D eigenvalue weighted by molar-refractivity contribution is 5.75. The molecular formula is C12H13N3. The van der Waals surface area contributed by atoms with Crippen molar-refractivity contribution in [1.29, 1.82) is 0 Å². The van der Waals surface area contributed by atoms with Crippen LogP contribution in [0.15, 0.2) is 24.4 Å². The zero-order valence-corrected chi connectivity index (χ0v) is 8.77. The van der Waals surface area contributed by atoms with Crippen LogP contribution in [0.4, 0.5) is 0 Å². The fraction of sp³-hybridized carbons (Fsp3) is 0.333. The summed E-state index contributed by atoms with van der Waals surface area (Å²) in [4.78, 5) is 11.2. The summed E-state index contributed by atoms with van der Waals surface area (Å²) in [6.45, 7) is 2.10. The zero-order valence-electron chi connectivity index (χ0n) is 8.77. The molecule has 3 nitrogen and oxygen atoms in total. The van der Waals surface area contributed by atoms with Crippen molar-refractivity contribution in [3.8, 4) is 0 Å². The Morgan fingerprint density at radius 1 is 1.40 bits per heavy atom. The molecule has 0 unspecified atom stereocenters. The second kappa shape index (κ2) is 3.28. The van der Waals surface area contributed by atoms with Crippen LogP contribution in [0.5, 0.6) is 0 Å². The lowest BCUT2D eigenvalue weighted by atomic mass is 10.0. The highest BCUT2D eigenvalue weighted by Gasteiger charge is 2.15. The van der Waals surface area contributed by atoms with Gasteiger partial charge in [-0.15, -0.1) is 0 Å². The fourth-order valence-corrected chi connectivity index (χ4v) is 2.11. The van der Waals surface area contributed by atoms with Crippen molar-refractivity contribution in [3.63, 3.8) is 0 Å². The maximum Gasteiger partial charge on any atom is 0.159 e. The second-order valence-electron chi connectivity index (χ2n) is 4.13. The van der Waals surface area contributed by atoms with Crippen molar-refractivity contribution >= 4 is 11.0 Å². The molecule has 3 heterocycles. The van der Waals surface area contributed by atoms with Crippen LogP contribution in [0, 0.1) is 0 Å². The molecule has 0 aromatic carbocycles. The molecular weight excluding hydrogens is 186 g/mol. The molecule has 0 aliphatic carbocycles. The summed E-state index contributed by atoms with van der Waals surface area (Å²) in [5.41, 5.74) is 3.45. The predicted molar refractivity (Wildman–Crippen MR) is 59.6 cm³/mol. The van der Waals surface area contributed by atoms with E-state index in [1.54, 1.807) is 6.20 Å². The van der Waals surface area contributed by atoms with Crippen molar-refractivity contribution in [1.82, 2.24) is 14.9 Å². The minimum atomic E-state index is 0.876. The van der Waals surface area contributed by atoms with Crippen LogP contribution < -0.4 is 0 Å². The van der Waals surface area contributed by atoms with Gasteiger partial charge in [0.2, 0.25) is 0 Å². The van der Waals surface area contributed by atoms with Gasteiger partial charge in [-0.05, 0) is 30.8 Å². The summed E-state index contributed by atoms with van der Waals surface area (Å²) < 4.78 is 0. The number of hydrogen-bond acceptors (Lipinski definition) is 3. The van der Waals surface area contributed by atoms with Crippen molar-refractivity contribution in [2.75, 3.05) is 13.6 Å². The lowest BCUT2D eigenvalue weighted by Gasteiger charge is -2.24. The van der Waals surface area contributed by atoms with E-state index < -0.39 is 0 Å². The summed E-state index contributed by atoms with van der Waals surface area (Å²) in [5.74, 6) is 0. The van der Waals surface area contributed by atoms with Gasteiger partial charge < -0.3 is 4.90 Å². The predicted octanol–water partition coefficient (Wildman–Crippen LogP) is 1.62. The van der Waals surface area contributed by atoms with E-state index in [1.165, 1.54) is 11.3 Å². The van der Waals surface area contributed by atoms with E-state index in [1.807, 2.05) is 6.07 Å². The quantitative estimate of drug-likeness (QED) is 0.645. The van der Waals surface area contributed by atoms with Crippen LogP contribution in [0.2, 0.25) is 0 Å². The SMILES string of the molecule is CN1CCc2nc3ncccc3cc2C1. The molecule has 0 atom stereocenters. The summed E-state index contributed by atoms with van der Waals surface area (Å²) in [6.07, 6.45) is 2.84. The smallest absolute Gasteiger partial charge is 0.159 e. The van der Waals surface area contributed by atoms with Gasteiger partial charge in [-0.3, -0.25) is 0 Å². The topological polar surface area (TPSA) is 29.0 Å². The van der Waals surface area contributed by atoms with Gasteiger partial charge in [-0.2, -0.15) is 0 Å². The van der Waals surface area contributed by atoms with E-state index in [0.717, 1.165) is 30.5 Å². The summed E-state index contributed by atoms with van der Waals surface area (Å²) in [5, 5.41) is 1.14. The minimum Gasteiger partial charge on any atom is -0.302 e. The van der Waals surface area contributed by atoms with E-state index in [9.17, 15) is 0 Å².